The van der Waals surface area contributed by atoms with Gasteiger partial charge >= 0.3 is 0 Å². The Morgan fingerprint density at radius 1 is 0.927 bits per heavy atom. The number of H-pyrrole nitrogens is 1. The second-order valence-corrected chi connectivity index (χ2v) is 10.1. The maximum Gasteiger partial charge on any atom is 0.264 e. The summed E-state index contributed by atoms with van der Waals surface area (Å²) in [4.78, 5) is 37.1. The Balaban J connectivity index is 1.19. The lowest BCUT2D eigenvalue weighted by Gasteiger charge is -2.37. The zero-order chi connectivity index (χ0) is 28.8. The summed E-state index contributed by atoms with van der Waals surface area (Å²) in [6.45, 7) is 0.441. The van der Waals surface area contributed by atoms with E-state index in [0.29, 0.717) is 55.1 Å². The Morgan fingerprint density at radius 2 is 1.66 bits per heavy atom. The SMILES string of the molecule is COc1ccc(C2=NN(CCCCC(=O)Nc3ccc(-c4ccc(=O)[nH]n4)cc3)C(=O)C3CC=CCC23)cc1OC. The first-order valence-corrected chi connectivity index (χ1v) is 13.7. The molecule has 212 valence electrons. The summed E-state index contributed by atoms with van der Waals surface area (Å²) in [5, 5.41) is 15.7. The van der Waals surface area contributed by atoms with E-state index >= 15 is 0 Å². The van der Waals surface area contributed by atoms with Crippen LogP contribution in [0.4, 0.5) is 5.69 Å². The molecule has 1 aromatic heterocycles. The lowest BCUT2D eigenvalue weighted by atomic mass is 9.76. The standard InChI is InChI=1S/C31H33N5O5/c1-40-26-16-12-21(19-27(26)41-2)30-23-7-3-4-8-24(23)31(39)36(35-30)18-6-5-9-28(37)32-22-13-10-20(11-14-22)25-15-17-29(38)34-33-25/h3-4,10-17,19,23-24H,5-9,18H2,1-2H3,(H,32,37)(H,34,38). The van der Waals surface area contributed by atoms with Crippen molar-refractivity contribution in [2.24, 2.45) is 16.9 Å². The number of anilines is 1. The van der Waals surface area contributed by atoms with E-state index in [1.165, 1.54) is 6.07 Å². The number of carbonyl (C=O) groups is 2. The average molecular weight is 556 g/mol. The zero-order valence-corrected chi connectivity index (χ0v) is 23.1. The molecule has 1 aliphatic heterocycles. The molecular formula is C31H33N5O5. The fourth-order valence-electron chi connectivity index (χ4n) is 5.26. The largest absolute Gasteiger partial charge is 0.493 e. The van der Waals surface area contributed by atoms with Crippen molar-refractivity contribution in [3.05, 3.63) is 82.7 Å². The molecule has 2 aromatic carbocycles. The monoisotopic (exact) mass is 555 g/mol. The summed E-state index contributed by atoms with van der Waals surface area (Å²) in [6.07, 6.45) is 7.23. The van der Waals surface area contributed by atoms with Crippen molar-refractivity contribution in [3.63, 3.8) is 0 Å². The first-order chi connectivity index (χ1) is 20.0. The van der Waals surface area contributed by atoms with Crippen molar-refractivity contribution in [2.75, 3.05) is 26.1 Å². The second kappa shape index (κ2) is 12.6. The number of hydrogen-bond donors (Lipinski definition) is 2. The summed E-state index contributed by atoms with van der Waals surface area (Å²) in [5.74, 6) is 1.05. The van der Waals surface area contributed by atoms with Gasteiger partial charge in [-0.3, -0.25) is 14.4 Å². The molecule has 0 saturated heterocycles. The van der Waals surface area contributed by atoms with Crippen LogP contribution in [0.3, 0.4) is 0 Å². The van der Waals surface area contributed by atoms with Crippen LogP contribution in [0.2, 0.25) is 0 Å². The molecule has 41 heavy (non-hydrogen) atoms. The normalized spacial score (nSPS) is 18.0. The number of nitrogens with zero attached hydrogens (tertiary/aromatic N) is 3. The van der Waals surface area contributed by atoms with E-state index in [-0.39, 0.29) is 29.2 Å². The molecule has 0 fully saturated rings. The highest BCUT2D eigenvalue weighted by Gasteiger charge is 2.40. The van der Waals surface area contributed by atoms with Crippen LogP contribution in [0.1, 0.15) is 37.7 Å². The molecule has 1 aliphatic carbocycles. The number of aromatic nitrogens is 2. The molecule has 2 amide bonds. The molecule has 2 unspecified atom stereocenters. The van der Waals surface area contributed by atoms with Gasteiger partial charge in [0.05, 0.1) is 31.5 Å². The van der Waals surface area contributed by atoms with Gasteiger partial charge in [0.25, 0.3) is 5.56 Å². The van der Waals surface area contributed by atoms with Crippen molar-refractivity contribution in [1.82, 2.24) is 15.2 Å². The van der Waals surface area contributed by atoms with Crippen LogP contribution in [0, 0.1) is 11.8 Å². The van der Waals surface area contributed by atoms with Crippen molar-refractivity contribution in [2.45, 2.75) is 32.1 Å². The minimum absolute atomic E-state index is 0.0129. The van der Waals surface area contributed by atoms with E-state index in [1.807, 2.05) is 30.3 Å². The van der Waals surface area contributed by atoms with Crippen LogP contribution in [-0.2, 0) is 9.59 Å². The van der Waals surface area contributed by atoms with Crippen LogP contribution in [0.15, 0.2) is 76.6 Å². The van der Waals surface area contributed by atoms with Gasteiger partial charge in [-0.2, -0.15) is 10.2 Å². The molecule has 0 saturated carbocycles. The number of methoxy groups -OCH3 is 2. The smallest absolute Gasteiger partial charge is 0.264 e. The van der Waals surface area contributed by atoms with Gasteiger partial charge in [-0.1, -0.05) is 24.3 Å². The number of allylic oxidation sites excluding steroid dienone is 2. The lowest BCUT2D eigenvalue weighted by Crippen LogP contribution is -2.45. The molecule has 0 bridgehead atoms. The molecule has 3 aromatic rings. The van der Waals surface area contributed by atoms with E-state index in [1.54, 1.807) is 37.4 Å². The number of unbranched alkanes of at least 4 members (excludes halogenated alkanes) is 1. The Hall–Kier alpha value is -4.73. The van der Waals surface area contributed by atoms with E-state index in [0.717, 1.165) is 23.3 Å². The van der Waals surface area contributed by atoms with Crippen LogP contribution < -0.4 is 20.3 Å². The highest BCUT2D eigenvalue weighted by Crippen LogP contribution is 2.37. The fourth-order valence-corrected chi connectivity index (χ4v) is 5.26. The van der Waals surface area contributed by atoms with Gasteiger partial charge in [0.1, 0.15) is 0 Å². The van der Waals surface area contributed by atoms with Gasteiger partial charge in [0, 0.05) is 41.8 Å². The number of fused-ring (bicyclic) bond motifs is 1. The average Bonchev–Trinajstić information content (AvgIpc) is 3.01. The third kappa shape index (κ3) is 6.37. The topological polar surface area (TPSA) is 126 Å². The van der Waals surface area contributed by atoms with Crippen LogP contribution >= 0.6 is 0 Å². The maximum absolute atomic E-state index is 13.3. The van der Waals surface area contributed by atoms with Gasteiger partial charge in [-0.25, -0.2) is 10.1 Å². The molecule has 0 radical (unpaired) electrons. The Morgan fingerprint density at radius 3 is 2.37 bits per heavy atom. The second-order valence-electron chi connectivity index (χ2n) is 10.1. The summed E-state index contributed by atoms with van der Waals surface area (Å²) in [7, 11) is 3.20. The number of benzene rings is 2. The van der Waals surface area contributed by atoms with Crippen molar-refractivity contribution >= 4 is 23.2 Å². The van der Waals surface area contributed by atoms with Crippen molar-refractivity contribution in [3.8, 4) is 22.8 Å². The fraction of sp³-hybridized carbons (Fsp3) is 0.323. The molecule has 10 heteroatoms. The van der Waals surface area contributed by atoms with Gasteiger partial charge < -0.3 is 14.8 Å². The molecule has 2 aliphatic rings. The predicted molar refractivity (Wildman–Crippen MR) is 156 cm³/mol. The summed E-state index contributed by atoms with van der Waals surface area (Å²) in [5.41, 5.74) is 3.67. The van der Waals surface area contributed by atoms with E-state index in [2.05, 4.69) is 27.7 Å². The molecule has 2 heterocycles. The number of amides is 2. The Bertz CT molecular complexity index is 1510. The van der Waals surface area contributed by atoms with Gasteiger partial charge in [0.15, 0.2) is 11.5 Å². The third-order valence-corrected chi connectivity index (χ3v) is 7.43. The Labute approximate surface area is 238 Å². The number of nitrogens with one attached hydrogen (secondary N) is 2. The first kappa shape index (κ1) is 27.8. The number of hydrogen-bond acceptors (Lipinski definition) is 7. The van der Waals surface area contributed by atoms with E-state index < -0.39 is 0 Å². The van der Waals surface area contributed by atoms with Crippen LogP contribution in [-0.4, -0.2) is 53.5 Å². The van der Waals surface area contributed by atoms with Gasteiger partial charge in [0.2, 0.25) is 11.8 Å². The van der Waals surface area contributed by atoms with Gasteiger partial charge in [-0.05, 0) is 62.1 Å². The highest BCUT2D eigenvalue weighted by atomic mass is 16.5. The molecular weight excluding hydrogens is 522 g/mol. The quantitative estimate of drug-likeness (QED) is 0.282. The molecule has 0 spiro atoms. The number of rotatable bonds is 10. The van der Waals surface area contributed by atoms with E-state index in [4.69, 9.17) is 14.6 Å². The number of aromatic amines is 1. The van der Waals surface area contributed by atoms with Gasteiger partial charge in [-0.15, -0.1) is 0 Å². The molecule has 2 atom stereocenters. The predicted octanol–water partition coefficient (Wildman–Crippen LogP) is 4.39. The molecule has 5 rings (SSSR count). The summed E-state index contributed by atoms with van der Waals surface area (Å²) >= 11 is 0. The number of hydrazone groups is 1. The number of ether oxygens (including phenoxy) is 2. The van der Waals surface area contributed by atoms with Crippen LogP contribution in [0.5, 0.6) is 11.5 Å². The van der Waals surface area contributed by atoms with Crippen LogP contribution in [0.25, 0.3) is 11.3 Å². The van der Waals surface area contributed by atoms with Crippen molar-refractivity contribution in [1.29, 1.82) is 0 Å². The summed E-state index contributed by atoms with van der Waals surface area (Å²) in [6, 6.07) is 16.1. The van der Waals surface area contributed by atoms with E-state index in [9.17, 15) is 14.4 Å². The maximum atomic E-state index is 13.3. The molecule has 2 N–H and O–H groups in total. The highest BCUT2D eigenvalue weighted by molar-refractivity contribution is 6.07. The molecule has 10 nitrogen and oxygen atoms in total. The lowest BCUT2D eigenvalue weighted by molar-refractivity contribution is -0.137. The van der Waals surface area contributed by atoms with Crippen molar-refractivity contribution < 1.29 is 19.1 Å². The zero-order valence-electron chi connectivity index (χ0n) is 23.1. The summed E-state index contributed by atoms with van der Waals surface area (Å²) < 4.78 is 10.9. The first-order valence-electron chi connectivity index (χ1n) is 13.7. The number of carbonyl (C=O) groups excluding carboxylic acids is 2. The Kier molecular flexibility index (Phi) is 8.57. The third-order valence-electron chi connectivity index (χ3n) is 7.43. The minimum atomic E-state index is -0.261. The minimum Gasteiger partial charge on any atom is -0.493 e.